The molecule has 0 bridgehead atoms. The second-order valence-electron chi connectivity index (χ2n) is 6.44. The summed E-state index contributed by atoms with van der Waals surface area (Å²) in [6.45, 7) is 1.98. The summed E-state index contributed by atoms with van der Waals surface area (Å²) in [5.41, 5.74) is 3.54. The van der Waals surface area contributed by atoms with E-state index in [2.05, 4.69) is 30.9 Å². The van der Waals surface area contributed by atoms with Crippen LogP contribution < -0.4 is 5.56 Å². The van der Waals surface area contributed by atoms with Gasteiger partial charge in [-0.15, -0.1) is 0 Å². The number of benzene rings is 2. The van der Waals surface area contributed by atoms with E-state index in [1.807, 2.05) is 13.0 Å². The number of nitrogens with zero attached hydrogens (tertiary/aromatic N) is 1. The topological polar surface area (TPSA) is 87.8 Å². The summed E-state index contributed by atoms with van der Waals surface area (Å²) in [7, 11) is 1.50. The highest BCUT2D eigenvalue weighted by atomic mass is 79.9. The van der Waals surface area contributed by atoms with E-state index in [0.29, 0.717) is 32.6 Å². The average molecular weight is 461 g/mol. The van der Waals surface area contributed by atoms with Gasteiger partial charge in [-0.1, -0.05) is 27.5 Å². The van der Waals surface area contributed by atoms with Crippen LogP contribution in [0.25, 0.3) is 21.9 Å². The molecule has 28 heavy (non-hydrogen) atoms. The summed E-state index contributed by atoms with van der Waals surface area (Å²) >= 11 is 9.64. The quantitative estimate of drug-likeness (QED) is 0.439. The lowest BCUT2D eigenvalue weighted by atomic mass is 10.00. The highest BCUT2D eigenvalue weighted by molar-refractivity contribution is 9.10. The summed E-state index contributed by atoms with van der Waals surface area (Å²) in [5, 5.41) is 1.000. The fourth-order valence-electron chi connectivity index (χ4n) is 3.30. The number of H-pyrrole nitrogens is 2. The number of rotatable bonds is 4. The van der Waals surface area contributed by atoms with Gasteiger partial charge >= 0.3 is 0 Å². The fraction of sp³-hybridized carbons (Fsp3) is 0.150. The van der Waals surface area contributed by atoms with Gasteiger partial charge in [0.15, 0.2) is 5.78 Å². The van der Waals surface area contributed by atoms with Gasteiger partial charge in [0.2, 0.25) is 0 Å². The van der Waals surface area contributed by atoms with E-state index >= 15 is 0 Å². The molecule has 0 saturated heterocycles. The van der Waals surface area contributed by atoms with Crippen molar-refractivity contribution in [3.63, 3.8) is 0 Å². The molecular weight excluding hydrogens is 446 g/mol. The Hall–Kier alpha value is -2.48. The molecule has 2 N–H and O–H groups in total. The monoisotopic (exact) mass is 459 g/mol. The van der Waals surface area contributed by atoms with Crippen molar-refractivity contribution < 1.29 is 9.53 Å². The molecule has 0 aliphatic carbocycles. The molecule has 0 aliphatic heterocycles. The van der Waals surface area contributed by atoms with Crippen molar-refractivity contribution in [3.8, 4) is 0 Å². The number of ether oxygens (including phenoxy) is 1. The van der Waals surface area contributed by atoms with E-state index in [1.165, 1.54) is 7.11 Å². The minimum atomic E-state index is -0.313. The van der Waals surface area contributed by atoms with Gasteiger partial charge in [0, 0.05) is 28.7 Å². The van der Waals surface area contributed by atoms with Crippen molar-refractivity contribution in [2.24, 2.45) is 0 Å². The Bertz CT molecular complexity index is 1310. The van der Waals surface area contributed by atoms with E-state index in [4.69, 9.17) is 16.3 Å². The summed E-state index contributed by atoms with van der Waals surface area (Å²) < 4.78 is 5.86. The number of nitrogens with one attached hydrogen (secondary N) is 2. The largest absolute Gasteiger partial charge is 0.378 e. The summed E-state index contributed by atoms with van der Waals surface area (Å²) in [4.78, 5) is 36.0. The van der Waals surface area contributed by atoms with Crippen LogP contribution in [0.1, 0.15) is 27.2 Å². The van der Waals surface area contributed by atoms with Gasteiger partial charge in [0.25, 0.3) is 5.56 Å². The lowest BCUT2D eigenvalue weighted by molar-refractivity contribution is 0.104. The number of methoxy groups -OCH3 is 1. The Kier molecular flexibility index (Phi) is 4.82. The first-order valence-electron chi connectivity index (χ1n) is 8.43. The normalized spacial score (nSPS) is 11.4. The predicted octanol–water partition coefficient (Wildman–Crippen LogP) is 4.51. The first kappa shape index (κ1) is 18.9. The van der Waals surface area contributed by atoms with Crippen molar-refractivity contribution in [1.29, 1.82) is 0 Å². The van der Waals surface area contributed by atoms with Gasteiger partial charge in [-0.05, 0) is 36.8 Å². The third kappa shape index (κ3) is 3.05. The van der Waals surface area contributed by atoms with Crippen molar-refractivity contribution in [2.75, 3.05) is 7.11 Å². The highest BCUT2D eigenvalue weighted by Gasteiger charge is 2.21. The number of hydrogen-bond acceptors (Lipinski definition) is 4. The van der Waals surface area contributed by atoms with Gasteiger partial charge in [-0.3, -0.25) is 9.59 Å². The molecule has 0 radical (unpaired) electrons. The highest BCUT2D eigenvalue weighted by Crippen LogP contribution is 2.32. The van der Waals surface area contributed by atoms with Crippen LogP contribution in [0.4, 0.5) is 0 Å². The maximum Gasteiger partial charge on any atom is 0.272 e. The molecular formula is C20H15BrClN3O3. The van der Waals surface area contributed by atoms with Crippen LogP contribution >= 0.6 is 27.5 Å². The van der Waals surface area contributed by atoms with Crippen LogP contribution in [0.15, 0.2) is 39.7 Å². The van der Waals surface area contributed by atoms with Crippen LogP contribution in [0.5, 0.6) is 0 Å². The molecule has 6 nitrogen and oxygen atoms in total. The number of fused-ring (bicyclic) bond motifs is 3. The maximum absolute atomic E-state index is 13.2. The zero-order chi connectivity index (χ0) is 20.0. The predicted molar refractivity (Wildman–Crippen MR) is 112 cm³/mol. The fourth-order valence-corrected chi connectivity index (χ4v) is 4.06. The molecule has 2 heterocycles. The van der Waals surface area contributed by atoms with Gasteiger partial charge in [0.1, 0.15) is 5.69 Å². The number of carbonyl (C=O) groups is 1. The maximum atomic E-state index is 13.2. The van der Waals surface area contributed by atoms with Gasteiger partial charge in [-0.2, -0.15) is 0 Å². The van der Waals surface area contributed by atoms with Gasteiger partial charge in [0.05, 0.1) is 33.7 Å². The number of aromatic nitrogens is 3. The Morgan fingerprint density at radius 2 is 2.07 bits per heavy atom. The zero-order valence-corrected chi connectivity index (χ0v) is 17.4. The Morgan fingerprint density at radius 1 is 1.29 bits per heavy atom. The number of aromatic amines is 2. The second kappa shape index (κ2) is 7.16. The van der Waals surface area contributed by atoms with Crippen molar-refractivity contribution in [1.82, 2.24) is 15.0 Å². The zero-order valence-electron chi connectivity index (χ0n) is 15.0. The first-order valence-corrected chi connectivity index (χ1v) is 9.60. The Labute approximate surface area is 173 Å². The van der Waals surface area contributed by atoms with E-state index in [-0.39, 0.29) is 23.6 Å². The SMILES string of the molecule is COCc1nc2c(cc(C)c3[nH]cc(C(=O)c4ccc(Br)cc4Cl)c32)[nH]c1=O. The molecule has 2 aromatic heterocycles. The lowest BCUT2D eigenvalue weighted by Gasteiger charge is -2.08. The van der Waals surface area contributed by atoms with Crippen LogP contribution in [0.3, 0.4) is 0 Å². The van der Waals surface area contributed by atoms with Crippen molar-refractivity contribution >= 4 is 55.3 Å². The van der Waals surface area contributed by atoms with Crippen LogP contribution in [0, 0.1) is 6.92 Å². The number of aryl methyl sites for hydroxylation is 1. The molecule has 0 saturated carbocycles. The molecule has 0 aliphatic rings. The third-order valence-electron chi connectivity index (χ3n) is 4.59. The minimum Gasteiger partial charge on any atom is -0.378 e. The second-order valence-corrected chi connectivity index (χ2v) is 7.76. The smallest absolute Gasteiger partial charge is 0.272 e. The van der Waals surface area contributed by atoms with Crippen LogP contribution in [0.2, 0.25) is 5.02 Å². The Balaban J connectivity index is 2.03. The molecule has 142 valence electrons. The summed E-state index contributed by atoms with van der Waals surface area (Å²) in [6.07, 6.45) is 1.65. The molecule has 0 fully saturated rings. The number of ketones is 1. The van der Waals surface area contributed by atoms with Gasteiger partial charge in [-0.25, -0.2) is 4.98 Å². The first-order chi connectivity index (χ1) is 13.4. The van der Waals surface area contributed by atoms with Crippen LogP contribution in [-0.4, -0.2) is 27.8 Å². The van der Waals surface area contributed by atoms with Crippen LogP contribution in [-0.2, 0) is 11.3 Å². The van der Waals surface area contributed by atoms with Crippen molar-refractivity contribution in [2.45, 2.75) is 13.5 Å². The molecule has 4 aromatic rings. The average Bonchev–Trinajstić information content (AvgIpc) is 3.09. The van der Waals surface area contributed by atoms with E-state index < -0.39 is 0 Å². The van der Waals surface area contributed by atoms with E-state index in [9.17, 15) is 9.59 Å². The molecule has 0 amide bonds. The Morgan fingerprint density at radius 3 is 2.79 bits per heavy atom. The number of hydrogen-bond donors (Lipinski definition) is 2. The molecule has 0 spiro atoms. The van der Waals surface area contributed by atoms with E-state index in [0.717, 1.165) is 15.6 Å². The molecule has 2 aromatic carbocycles. The van der Waals surface area contributed by atoms with Crippen molar-refractivity contribution in [3.05, 3.63) is 72.7 Å². The minimum absolute atomic E-state index is 0.0763. The number of carbonyl (C=O) groups excluding carboxylic acids is 1. The van der Waals surface area contributed by atoms with Gasteiger partial charge < -0.3 is 14.7 Å². The lowest BCUT2D eigenvalue weighted by Crippen LogP contribution is -2.16. The molecule has 4 rings (SSSR count). The van der Waals surface area contributed by atoms with E-state index in [1.54, 1.807) is 24.4 Å². The summed E-state index contributed by atoms with van der Waals surface area (Å²) in [6, 6.07) is 6.96. The molecule has 0 unspecified atom stereocenters. The molecule has 0 atom stereocenters. The number of halogens is 2. The summed E-state index contributed by atoms with van der Waals surface area (Å²) in [5.74, 6) is -0.225. The standard InChI is InChI=1S/C20H15BrClN3O3/c1-9-5-14-18(24-15(8-28-2)20(27)25-14)16-12(7-23-17(9)16)19(26)11-4-3-10(21)6-13(11)22/h3-7,23H,8H2,1-2H3,(H,25,27). The third-order valence-corrected chi connectivity index (χ3v) is 5.39. The molecule has 8 heteroatoms.